The van der Waals surface area contributed by atoms with Gasteiger partial charge >= 0.3 is 0 Å². The topological polar surface area (TPSA) is 66.8 Å². The highest BCUT2D eigenvalue weighted by atomic mass is 19.1. The van der Waals surface area contributed by atoms with Gasteiger partial charge in [0.2, 0.25) is 0 Å². The van der Waals surface area contributed by atoms with Crippen LogP contribution in [0.15, 0.2) is 73.2 Å². The maximum Gasteiger partial charge on any atom is 0.163 e. The number of nitrogens with one attached hydrogen (secondary N) is 1. The highest BCUT2D eigenvalue weighted by molar-refractivity contribution is 5.65. The van der Waals surface area contributed by atoms with Gasteiger partial charge in [-0.15, -0.1) is 0 Å². The van der Waals surface area contributed by atoms with E-state index in [-0.39, 0.29) is 5.82 Å². The van der Waals surface area contributed by atoms with E-state index in [0.29, 0.717) is 23.9 Å². The predicted molar refractivity (Wildman–Crippen MR) is 117 cm³/mol. The number of halogens is 1. The number of hydrogen-bond donors (Lipinski definition) is 1. The van der Waals surface area contributed by atoms with Crippen molar-refractivity contribution in [3.63, 3.8) is 0 Å². The van der Waals surface area contributed by atoms with Gasteiger partial charge in [-0.2, -0.15) is 0 Å². The Balaban J connectivity index is 1.51. The molecule has 1 aliphatic rings. The second-order valence-corrected chi connectivity index (χ2v) is 7.48. The summed E-state index contributed by atoms with van der Waals surface area (Å²) in [6, 6.07) is 16.2. The summed E-state index contributed by atoms with van der Waals surface area (Å²) in [6.45, 7) is 2.33. The first-order valence-electron chi connectivity index (χ1n) is 10.2. The van der Waals surface area contributed by atoms with Crippen LogP contribution in [0.4, 0.5) is 15.9 Å². The first-order valence-corrected chi connectivity index (χ1v) is 10.2. The highest BCUT2D eigenvalue weighted by Gasteiger charge is 2.23. The molecule has 7 heteroatoms. The molecule has 0 saturated carbocycles. The second-order valence-electron chi connectivity index (χ2n) is 7.48. The lowest BCUT2D eigenvalue weighted by molar-refractivity contribution is 0.241. The third-order valence-corrected chi connectivity index (χ3v) is 5.26. The fraction of sp³-hybridized carbons (Fsp3) is 0.167. The average molecular weight is 412 g/mol. The summed E-state index contributed by atoms with van der Waals surface area (Å²) in [5.41, 5.74) is 4.56. The molecule has 0 saturated heterocycles. The standard InChI is InChI=1S/C24H21FN6/c25-18-6-3-8-19(13-18)28-24-21-16-31(15-20-7-1-2-11-27-20)12-9-22(21)29-23(30-24)17-5-4-10-26-14-17/h1-8,10-11,13-14H,9,12,15-16H2,(H,28,29,30). The molecule has 0 aliphatic carbocycles. The smallest absolute Gasteiger partial charge is 0.163 e. The minimum Gasteiger partial charge on any atom is -0.340 e. The number of hydrogen-bond acceptors (Lipinski definition) is 6. The molecule has 0 atom stereocenters. The number of anilines is 2. The zero-order valence-electron chi connectivity index (χ0n) is 16.9. The van der Waals surface area contributed by atoms with Gasteiger partial charge < -0.3 is 5.32 Å². The minimum absolute atomic E-state index is 0.294. The molecule has 0 fully saturated rings. The van der Waals surface area contributed by atoms with E-state index in [1.54, 1.807) is 18.5 Å². The van der Waals surface area contributed by atoms with E-state index in [1.165, 1.54) is 12.1 Å². The van der Waals surface area contributed by atoms with E-state index in [4.69, 9.17) is 9.97 Å². The van der Waals surface area contributed by atoms with Crippen LogP contribution >= 0.6 is 0 Å². The Hall–Kier alpha value is -3.71. The van der Waals surface area contributed by atoms with E-state index in [9.17, 15) is 4.39 Å². The number of nitrogens with zero attached hydrogens (tertiary/aromatic N) is 5. The summed E-state index contributed by atoms with van der Waals surface area (Å²) in [6.07, 6.45) is 6.09. The van der Waals surface area contributed by atoms with Crippen LogP contribution in [-0.4, -0.2) is 31.4 Å². The van der Waals surface area contributed by atoms with Crippen LogP contribution in [0.25, 0.3) is 11.4 Å². The number of rotatable bonds is 5. The van der Waals surface area contributed by atoms with Crippen LogP contribution < -0.4 is 5.32 Å². The molecule has 0 spiro atoms. The van der Waals surface area contributed by atoms with Gasteiger partial charge in [-0.25, -0.2) is 14.4 Å². The molecule has 1 aromatic carbocycles. The van der Waals surface area contributed by atoms with E-state index < -0.39 is 0 Å². The molecule has 5 rings (SSSR count). The number of pyridine rings is 2. The van der Waals surface area contributed by atoms with Gasteiger partial charge in [-0.05, 0) is 42.5 Å². The Bertz CT molecular complexity index is 1180. The maximum absolute atomic E-state index is 13.8. The number of aromatic nitrogens is 4. The highest BCUT2D eigenvalue weighted by Crippen LogP contribution is 2.29. The van der Waals surface area contributed by atoms with Crippen molar-refractivity contribution in [1.29, 1.82) is 0 Å². The number of fused-ring (bicyclic) bond motifs is 1. The Kier molecular flexibility index (Phi) is 5.33. The van der Waals surface area contributed by atoms with E-state index >= 15 is 0 Å². The van der Waals surface area contributed by atoms with Crippen molar-refractivity contribution in [2.24, 2.45) is 0 Å². The summed E-state index contributed by atoms with van der Waals surface area (Å²) in [5, 5.41) is 3.31. The van der Waals surface area contributed by atoms with Gasteiger partial charge in [0.1, 0.15) is 11.6 Å². The van der Waals surface area contributed by atoms with Gasteiger partial charge in [0.15, 0.2) is 5.82 Å². The SMILES string of the molecule is Fc1cccc(Nc2nc(-c3cccnc3)nc3c2CN(Cc2ccccn2)CC3)c1. The molecule has 0 bridgehead atoms. The molecule has 3 aromatic heterocycles. The van der Waals surface area contributed by atoms with Gasteiger partial charge in [0.05, 0.1) is 11.4 Å². The van der Waals surface area contributed by atoms with E-state index in [1.807, 2.05) is 42.6 Å². The van der Waals surface area contributed by atoms with E-state index in [2.05, 4.69) is 20.2 Å². The normalized spacial score (nSPS) is 13.6. The monoisotopic (exact) mass is 412 g/mol. The molecular weight excluding hydrogens is 391 g/mol. The molecule has 0 unspecified atom stereocenters. The van der Waals surface area contributed by atoms with Gasteiger partial charge in [-0.1, -0.05) is 12.1 Å². The van der Waals surface area contributed by atoms with Crippen LogP contribution in [0.5, 0.6) is 0 Å². The molecule has 31 heavy (non-hydrogen) atoms. The lowest BCUT2D eigenvalue weighted by Gasteiger charge is -2.29. The number of benzene rings is 1. The minimum atomic E-state index is -0.294. The zero-order valence-corrected chi connectivity index (χ0v) is 16.9. The Morgan fingerprint density at radius 2 is 1.97 bits per heavy atom. The molecule has 154 valence electrons. The van der Waals surface area contributed by atoms with Crippen LogP contribution in [0.1, 0.15) is 17.0 Å². The molecule has 4 heterocycles. The van der Waals surface area contributed by atoms with Crippen molar-refractivity contribution in [3.8, 4) is 11.4 Å². The van der Waals surface area contributed by atoms with Crippen molar-refractivity contribution in [2.75, 3.05) is 11.9 Å². The van der Waals surface area contributed by atoms with Crippen molar-refractivity contribution in [1.82, 2.24) is 24.8 Å². The summed E-state index contributed by atoms with van der Waals surface area (Å²) >= 11 is 0. The third kappa shape index (κ3) is 4.41. The zero-order chi connectivity index (χ0) is 21.0. The van der Waals surface area contributed by atoms with Crippen LogP contribution in [0.3, 0.4) is 0 Å². The molecule has 6 nitrogen and oxygen atoms in total. The lowest BCUT2D eigenvalue weighted by atomic mass is 10.0. The summed E-state index contributed by atoms with van der Waals surface area (Å²) in [4.78, 5) is 20.6. The second kappa shape index (κ2) is 8.57. The summed E-state index contributed by atoms with van der Waals surface area (Å²) in [7, 11) is 0. The van der Waals surface area contributed by atoms with Crippen molar-refractivity contribution < 1.29 is 4.39 Å². The third-order valence-electron chi connectivity index (χ3n) is 5.26. The van der Waals surface area contributed by atoms with Gasteiger partial charge in [0.25, 0.3) is 0 Å². The maximum atomic E-state index is 13.8. The Morgan fingerprint density at radius 1 is 1.00 bits per heavy atom. The van der Waals surface area contributed by atoms with Crippen LogP contribution in [0, 0.1) is 5.82 Å². The largest absolute Gasteiger partial charge is 0.340 e. The quantitative estimate of drug-likeness (QED) is 0.525. The Labute approximate surface area is 179 Å². The predicted octanol–water partition coefficient (Wildman–Crippen LogP) is 4.37. The fourth-order valence-electron chi connectivity index (χ4n) is 3.76. The first kappa shape index (κ1) is 19.3. The molecule has 0 amide bonds. The Morgan fingerprint density at radius 3 is 2.77 bits per heavy atom. The van der Waals surface area contributed by atoms with Gasteiger partial charge in [0, 0.05) is 61.5 Å². The molecular formula is C24H21FN6. The van der Waals surface area contributed by atoms with Crippen molar-refractivity contribution >= 4 is 11.5 Å². The first-order chi connectivity index (χ1) is 15.2. The average Bonchev–Trinajstić information content (AvgIpc) is 2.80. The lowest BCUT2D eigenvalue weighted by Crippen LogP contribution is -2.32. The molecule has 4 aromatic rings. The van der Waals surface area contributed by atoms with Gasteiger partial charge in [-0.3, -0.25) is 14.9 Å². The van der Waals surface area contributed by atoms with Crippen LogP contribution in [0.2, 0.25) is 0 Å². The molecule has 1 N–H and O–H groups in total. The van der Waals surface area contributed by atoms with Crippen molar-refractivity contribution in [2.45, 2.75) is 19.5 Å². The van der Waals surface area contributed by atoms with E-state index in [0.717, 1.165) is 42.0 Å². The molecule has 0 radical (unpaired) electrons. The van der Waals surface area contributed by atoms with Crippen molar-refractivity contribution in [3.05, 3.63) is 96.0 Å². The summed E-state index contributed by atoms with van der Waals surface area (Å²) in [5.74, 6) is 1.02. The summed E-state index contributed by atoms with van der Waals surface area (Å²) < 4.78 is 13.8. The molecule has 1 aliphatic heterocycles. The van der Waals surface area contributed by atoms with Crippen LogP contribution in [-0.2, 0) is 19.5 Å². The fourth-order valence-corrected chi connectivity index (χ4v) is 3.76.